The van der Waals surface area contributed by atoms with Gasteiger partial charge < -0.3 is 5.32 Å². The summed E-state index contributed by atoms with van der Waals surface area (Å²) in [7, 11) is 0. The van der Waals surface area contributed by atoms with Crippen molar-refractivity contribution in [1.29, 1.82) is 0 Å². The summed E-state index contributed by atoms with van der Waals surface area (Å²) in [6.45, 7) is 1.99. The molecule has 0 unspecified atom stereocenters. The van der Waals surface area contributed by atoms with E-state index in [1.807, 2.05) is 4.57 Å². The molecule has 1 saturated heterocycles. The van der Waals surface area contributed by atoms with E-state index in [9.17, 15) is 4.79 Å². The van der Waals surface area contributed by atoms with Gasteiger partial charge in [0.25, 0.3) is 5.56 Å². The van der Waals surface area contributed by atoms with Gasteiger partial charge in [0.1, 0.15) is 4.70 Å². The van der Waals surface area contributed by atoms with Crippen molar-refractivity contribution in [2.45, 2.75) is 69.7 Å². The smallest absolute Gasteiger partial charge is 0.271 e. The topological polar surface area (TPSA) is 46.9 Å². The fourth-order valence-corrected chi connectivity index (χ4v) is 5.45. The zero-order valence-electron chi connectivity index (χ0n) is 14.3. The van der Waals surface area contributed by atoms with Crippen LogP contribution in [0.5, 0.6) is 0 Å². The molecule has 0 amide bonds. The molecule has 1 saturated carbocycles. The van der Waals surface area contributed by atoms with Gasteiger partial charge in [-0.25, -0.2) is 4.98 Å². The quantitative estimate of drug-likeness (QED) is 0.887. The minimum Gasteiger partial charge on any atom is -0.317 e. The van der Waals surface area contributed by atoms with Crippen molar-refractivity contribution >= 4 is 21.6 Å². The van der Waals surface area contributed by atoms with Crippen molar-refractivity contribution in [2.24, 2.45) is 0 Å². The first-order chi connectivity index (χ1) is 11.8. The van der Waals surface area contributed by atoms with Crippen LogP contribution in [0.15, 0.2) is 17.2 Å². The van der Waals surface area contributed by atoms with E-state index in [2.05, 4.69) is 16.4 Å². The van der Waals surface area contributed by atoms with Gasteiger partial charge in [-0.05, 0) is 50.8 Å². The number of nitrogens with zero attached hydrogens (tertiary/aromatic N) is 2. The number of hydrogen-bond donors (Lipinski definition) is 1. The molecule has 0 atom stereocenters. The summed E-state index contributed by atoms with van der Waals surface area (Å²) >= 11 is 1.71. The first kappa shape index (κ1) is 16.3. The number of thiophene rings is 1. The lowest BCUT2D eigenvalue weighted by Crippen LogP contribution is -2.34. The summed E-state index contributed by atoms with van der Waals surface area (Å²) in [5.74, 6) is 0.635. The Morgan fingerprint density at radius 2 is 1.75 bits per heavy atom. The molecule has 0 radical (unpaired) electrons. The van der Waals surface area contributed by atoms with Crippen molar-refractivity contribution in [1.82, 2.24) is 14.9 Å². The first-order valence-corrected chi connectivity index (χ1v) is 10.4. The van der Waals surface area contributed by atoms with Crippen molar-refractivity contribution < 1.29 is 0 Å². The van der Waals surface area contributed by atoms with E-state index in [0.717, 1.165) is 36.1 Å². The summed E-state index contributed by atoms with van der Waals surface area (Å²) in [6, 6.07) is 2.50. The van der Waals surface area contributed by atoms with E-state index < -0.39 is 0 Å². The fraction of sp³-hybridized carbons (Fsp3) is 0.684. The third-order valence-corrected chi connectivity index (χ3v) is 6.97. The highest BCUT2D eigenvalue weighted by Gasteiger charge is 2.21. The minimum atomic E-state index is 0.175. The normalized spacial score (nSPS) is 21.7. The van der Waals surface area contributed by atoms with Crippen molar-refractivity contribution in [3.05, 3.63) is 27.6 Å². The zero-order chi connectivity index (χ0) is 16.4. The lowest BCUT2D eigenvalue weighted by molar-refractivity contribution is 0.359. The van der Waals surface area contributed by atoms with Crippen LogP contribution in [-0.2, 0) is 0 Å². The summed E-state index contributed by atoms with van der Waals surface area (Å²) < 4.78 is 2.76. The molecule has 0 spiro atoms. The third kappa shape index (κ3) is 3.29. The maximum Gasteiger partial charge on any atom is 0.271 e. The minimum absolute atomic E-state index is 0.175. The second-order valence-corrected chi connectivity index (χ2v) is 8.43. The molecule has 4 nitrogen and oxygen atoms in total. The lowest BCUT2D eigenvalue weighted by Gasteiger charge is -2.24. The van der Waals surface area contributed by atoms with Crippen molar-refractivity contribution in [3.63, 3.8) is 0 Å². The molecule has 0 aromatic carbocycles. The standard InChI is InChI=1S/C19H27N3OS/c23-19-18-16(21-13-22(19)15-8-10-20-11-9-15)12-17(24-18)14-6-4-2-1-3-5-7-14/h12-15,20H,1-11H2. The van der Waals surface area contributed by atoms with Crippen LogP contribution in [0, 0.1) is 0 Å². The third-order valence-electron chi connectivity index (χ3n) is 5.69. The van der Waals surface area contributed by atoms with Gasteiger partial charge >= 0.3 is 0 Å². The molecule has 2 fully saturated rings. The van der Waals surface area contributed by atoms with Gasteiger partial charge in [0.15, 0.2) is 0 Å². The van der Waals surface area contributed by atoms with Gasteiger partial charge in [0.05, 0.1) is 11.8 Å². The predicted octanol–water partition coefficient (Wildman–Crippen LogP) is 4.21. The largest absolute Gasteiger partial charge is 0.317 e. The highest BCUT2D eigenvalue weighted by atomic mass is 32.1. The van der Waals surface area contributed by atoms with Gasteiger partial charge in [0, 0.05) is 10.9 Å². The number of aromatic nitrogens is 2. The lowest BCUT2D eigenvalue weighted by atomic mass is 9.90. The maximum atomic E-state index is 13.0. The molecule has 5 heteroatoms. The number of hydrogen-bond acceptors (Lipinski definition) is 4. The maximum absolute atomic E-state index is 13.0. The molecule has 4 rings (SSSR count). The van der Waals surface area contributed by atoms with Crippen LogP contribution in [0.25, 0.3) is 10.2 Å². The second-order valence-electron chi connectivity index (χ2n) is 7.34. The van der Waals surface area contributed by atoms with Gasteiger partial charge in [-0.3, -0.25) is 9.36 Å². The van der Waals surface area contributed by atoms with E-state index in [1.54, 1.807) is 17.7 Å². The molecule has 2 aromatic heterocycles. The molecule has 2 aromatic rings. The van der Waals surface area contributed by atoms with Crippen LogP contribution in [0.1, 0.15) is 74.6 Å². The molecular weight excluding hydrogens is 318 g/mol. The van der Waals surface area contributed by atoms with Gasteiger partial charge in [-0.2, -0.15) is 0 Å². The monoisotopic (exact) mass is 345 g/mol. The summed E-state index contributed by atoms with van der Waals surface area (Å²) in [5, 5.41) is 3.37. The highest BCUT2D eigenvalue weighted by molar-refractivity contribution is 7.19. The van der Waals surface area contributed by atoms with Crippen LogP contribution in [0.4, 0.5) is 0 Å². The SMILES string of the molecule is O=c1c2sc(C3CCCCCCC3)cc2ncn1C1CCNCC1. The Labute approximate surface area is 147 Å². The van der Waals surface area contributed by atoms with E-state index in [4.69, 9.17) is 0 Å². The summed E-state index contributed by atoms with van der Waals surface area (Å²) in [5.41, 5.74) is 1.08. The molecule has 1 aliphatic carbocycles. The molecule has 0 bridgehead atoms. The molecule has 3 heterocycles. The second kappa shape index (κ2) is 7.36. The Morgan fingerprint density at radius 3 is 2.50 bits per heavy atom. The van der Waals surface area contributed by atoms with Crippen LogP contribution >= 0.6 is 11.3 Å². The molecule has 1 aliphatic heterocycles. The van der Waals surface area contributed by atoms with Gasteiger partial charge in [-0.15, -0.1) is 11.3 Å². The molecule has 2 aliphatic rings. The Balaban J connectivity index is 1.64. The fourth-order valence-electron chi connectivity index (χ4n) is 4.23. The van der Waals surface area contributed by atoms with E-state index in [1.165, 1.54) is 49.8 Å². The van der Waals surface area contributed by atoms with E-state index >= 15 is 0 Å². The number of nitrogens with one attached hydrogen (secondary N) is 1. The van der Waals surface area contributed by atoms with Crippen molar-refractivity contribution in [2.75, 3.05) is 13.1 Å². The molecule has 24 heavy (non-hydrogen) atoms. The predicted molar refractivity (Wildman–Crippen MR) is 100 cm³/mol. The van der Waals surface area contributed by atoms with Gasteiger partial charge in [0.2, 0.25) is 0 Å². The summed E-state index contributed by atoms with van der Waals surface area (Å²) in [6.07, 6.45) is 13.1. The van der Waals surface area contributed by atoms with E-state index in [0.29, 0.717) is 12.0 Å². The van der Waals surface area contributed by atoms with E-state index in [-0.39, 0.29) is 5.56 Å². The summed E-state index contributed by atoms with van der Waals surface area (Å²) in [4.78, 5) is 19.0. The van der Waals surface area contributed by atoms with Crippen LogP contribution in [0.3, 0.4) is 0 Å². The van der Waals surface area contributed by atoms with Crippen molar-refractivity contribution in [3.8, 4) is 0 Å². The average Bonchev–Trinajstić information content (AvgIpc) is 3.01. The number of fused-ring (bicyclic) bond motifs is 1. The highest BCUT2D eigenvalue weighted by Crippen LogP contribution is 2.36. The number of rotatable bonds is 2. The first-order valence-electron chi connectivity index (χ1n) is 9.54. The Bertz CT molecular complexity index is 737. The Hall–Kier alpha value is -1.20. The molecular formula is C19H27N3OS. The molecule has 130 valence electrons. The molecule has 1 N–H and O–H groups in total. The van der Waals surface area contributed by atoms with Gasteiger partial charge in [-0.1, -0.05) is 32.1 Å². The zero-order valence-corrected chi connectivity index (χ0v) is 15.1. The van der Waals surface area contributed by atoms with Crippen LogP contribution in [0.2, 0.25) is 0 Å². The Morgan fingerprint density at radius 1 is 1.04 bits per heavy atom. The number of piperidine rings is 1. The Kier molecular flexibility index (Phi) is 4.99. The average molecular weight is 346 g/mol. The van der Waals surface area contributed by atoms with Crippen LogP contribution < -0.4 is 10.9 Å². The van der Waals surface area contributed by atoms with Crippen LogP contribution in [-0.4, -0.2) is 22.6 Å².